The Bertz CT molecular complexity index is 788. The first-order chi connectivity index (χ1) is 11.0. The van der Waals surface area contributed by atoms with Crippen LogP contribution in [0.5, 0.6) is 0 Å². The molecule has 0 radical (unpaired) electrons. The normalized spacial score (nSPS) is 17.9. The van der Waals surface area contributed by atoms with Gasteiger partial charge in [-0.1, -0.05) is 53.0 Å². The van der Waals surface area contributed by atoms with Crippen LogP contribution in [0.25, 0.3) is 0 Å². The fourth-order valence-corrected chi connectivity index (χ4v) is 3.17. The number of hydrogen-bond donors (Lipinski definition) is 0. The highest BCUT2D eigenvalue weighted by atomic mass is 35.5. The van der Waals surface area contributed by atoms with Crippen molar-refractivity contribution in [3.63, 3.8) is 0 Å². The minimum absolute atomic E-state index is 0.185. The smallest absolute Gasteiger partial charge is 0.237 e. The molecule has 0 saturated carbocycles. The summed E-state index contributed by atoms with van der Waals surface area (Å²) in [6.07, 6.45) is 0.775. The molecule has 2 aromatic rings. The van der Waals surface area contributed by atoms with E-state index in [0.29, 0.717) is 22.2 Å². The molecule has 23 heavy (non-hydrogen) atoms. The molecule has 5 heteroatoms. The van der Waals surface area contributed by atoms with Gasteiger partial charge < -0.3 is 0 Å². The summed E-state index contributed by atoms with van der Waals surface area (Å²) in [7, 11) is 0. The number of rotatable bonds is 3. The van der Waals surface area contributed by atoms with Gasteiger partial charge in [0.2, 0.25) is 11.8 Å². The van der Waals surface area contributed by atoms with E-state index in [2.05, 4.69) is 0 Å². The van der Waals surface area contributed by atoms with E-state index >= 15 is 0 Å². The molecule has 1 saturated heterocycles. The summed E-state index contributed by atoms with van der Waals surface area (Å²) in [6, 6.07) is 12.8. The molecule has 1 aliphatic rings. The van der Waals surface area contributed by atoms with Gasteiger partial charge in [-0.15, -0.1) is 0 Å². The van der Waals surface area contributed by atoms with Crippen LogP contribution in [0.4, 0.5) is 5.69 Å². The number of anilines is 1. The van der Waals surface area contributed by atoms with Gasteiger partial charge in [-0.25, -0.2) is 0 Å². The van der Waals surface area contributed by atoms with Crippen molar-refractivity contribution in [2.75, 3.05) is 4.90 Å². The number of halogens is 2. The maximum absolute atomic E-state index is 12.6. The van der Waals surface area contributed by atoms with Crippen LogP contribution in [0.3, 0.4) is 0 Å². The first-order valence-corrected chi connectivity index (χ1v) is 8.08. The fraction of sp³-hybridized carbons (Fsp3) is 0.222. The maximum Gasteiger partial charge on any atom is 0.237 e. The fourth-order valence-electron chi connectivity index (χ4n) is 2.87. The Labute approximate surface area is 144 Å². The molecule has 2 aromatic carbocycles. The van der Waals surface area contributed by atoms with Crippen LogP contribution in [-0.2, 0) is 16.0 Å². The number of carbonyl (C=O) groups is 2. The molecule has 0 N–H and O–H groups in total. The third kappa shape index (κ3) is 3.26. The largest absolute Gasteiger partial charge is 0.274 e. The van der Waals surface area contributed by atoms with Crippen molar-refractivity contribution >= 4 is 40.7 Å². The number of amides is 2. The van der Waals surface area contributed by atoms with E-state index in [1.165, 1.54) is 4.90 Å². The van der Waals surface area contributed by atoms with Gasteiger partial charge in [0.05, 0.1) is 21.7 Å². The van der Waals surface area contributed by atoms with Crippen LogP contribution in [0.2, 0.25) is 10.0 Å². The van der Waals surface area contributed by atoms with Crippen LogP contribution in [-0.4, -0.2) is 11.8 Å². The number of imide groups is 1. The zero-order valence-electron chi connectivity index (χ0n) is 12.6. The van der Waals surface area contributed by atoms with Gasteiger partial charge in [0.25, 0.3) is 0 Å². The summed E-state index contributed by atoms with van der Waals surface area (Å²) < 4.78 is 0. The predicted octanol–water partition coefficient (Wildman–Crippen LogP) is 4.42. The van der Waals surface area contributed by atoms with Gasteiger partial charge in [0.1, 0.15) is 0 Å². The van der Waals surface area contributed by atoms with Gasteiger partial charge in [-0.2, -0.15) is 0 Å². The van der Waals surface area contributed by atoms with Crippen LogP contribution in [0, 0.1) is 12.8 Å². The zero-order chi connectivity index (χ0) is 16.6. The summed E-state index contributed by atoms with van der Waals surface area (Å²) in [5, 5.41) is 0.720. The lowest BCUT2D eigenvalue weighted by molar-refractivity contribution is -0.122. The van der Waals surface area contributed by atoms with Crippen LogP contribution in [0.1, 0.15) is 17.5 Å². The van der Waals surface area contributed by atoms with Gasteiger partial charge in [0.15, 0.2) is 0 Å². The Hall–Kier alpha value is -1.84. The molecule has 3 nitrogen and oxygen atoms in total. The number of hydrogen-bond acceptors (Lipinski definition) is 2. The molecule has 0 spiro atoms. The van der Waals surface area contributed by atoms with Gasteiger partial charge in [-0.05, 0) is 37.1 Å². The molecule has 1 heterocycles. The first-order valence-electron chi connectivity index (χ1n) is 7.33. The second-order valence-corrected chi connectivity index (χ2v) is 6.57. The molecule has 0 aromatic heterocycles. The van der Waals surface area contributed by atoms with Gasteiger partial charge >= 0.3 is 0 Å². The van der Waals surface area contributed by atoms with Crippen molar-refractivity contribution < 1.29 is 9.59 Å². The number of nitrogens with zero attached hydrogens (tertiary/aromatic N) is 1. The summed E-state index contributed by atoms with van der Waals surface area (Å²) in [5.41, 5.74) is 2.67. The van der Waals surface area contributed by atoms with E-state index < -0.39 is 0 Å². The Balaban J connectivity index is 1.83. The molecule has 0 unspecified atom stereocenters. The Kier molecular flexibility index (Phi) is 4.42. The van der Waals surface area contributed by atoms with E-state index in [1.807, 2.05) is 31.2 Å². The third-order valence-corrected chi connectivity index (χ3v) is 4.71. The number of benzene rings is 2. The van der Waals surface area contributed by atoms with E-state index in [1.54, 1.807) is 18.2 Å². The molecule has 118 valence electrons. The van der Waals surface area contributed by atoms with Crippen molar-refractivity contribution in [3.05, 3.63) is 63.6 Å². The monoisotopic (exact) mass is 347 g/mol. The van der Waals surface area contributed by atoms with Crippen molar-refractivity contribution in [1.82, 2.24) is 0 Å². The molecule has 3 rings (SSSR count). The predicted molar refractivity (Wildman–Crippen MR) is 91.9 cm³/mol. The second kappa shape index (κ2) is 6.34. The average molecular weight is 348 g/mol. The molecule has 0 aliphatic carbocycles. The third-order valence-electron chi connectivity index (χ3n) is 3.97. The summed E-state index contributed by atoms with van der Waals surface area (Å²) in [6.45, 7) is 2.01. The van der Waals surface area contributed by atoms with Crippen molar-refractivity contribution in [2.45, 2.75) is 19.8 Å². The maximum atomic E-state index is 12.6. The second-order valence-electron chi connectivity index (χ2n) is 5.76. The Morgan fingerprint density at radius 3 is 2.57 bits per heavy atom. The summed E-state index contributed by atoms with van der Waals surface area (Å²) >= 11 is 11.9. The lowest BCUT2D eigenvalue weighted by atomic mass is 9.97. The number of carbonyl (C=O) groups excluding carboxylic acids is 2. The zero-order valence-corrected chi connectivity index (χ0v) is 14.1. The highest BCUT2D eigenvalue weighted by molar-refractivity contribution is 6.42. The molecule has 1 fully saturated rings. The van der Waals surface area contributed by atoms with Crippen molar-refractivity contribution in [3.8, 4) is 0 Å². The molecular formula is C18H15Cl2NO2. The standard InChI is InChI=1S/C18H15Cl2NO2/c1-11-3-2-4-12(7-11)8-13-9-17(22)21(18(13)23)14-5-6-15(19)16(20)10-14/h2-7,10,13H,8-9H2,1H3/t13-/m0/s1. The van der Waals surface area contributed by atoms with Gasteiger partial charge in [-0.3, -0.25) is 14.5 Å². The average Bonchev–Trinajstić information content (AvgIpc) is 2.77. The lowest BCUT2D eigenvalue weighted by Crippen LogP contribution is -2.30. The van der Waals surface area contributed by atoms with Crippen LogP contribution < -0.4 is 4.90 Å². The topological polar surface area (TPSA) is 37.4 Å². The van der Waals surface area contributed by atoms with Crippen molar-refractivity contribution in [1.29, 1.82) is 0 Å². The molecule has 0 bridgehead atoms. The van der Waals surface area contributed by atoms with Crippen LogP contribution >= 0.6 is 23.2 Å². The highest BCUT2D eigenvalue weighted by Crippen LogP contribution is 2.32. The van der Waals surface area contributed by atoms with E-state index in [-0.39, 0.29) is 24.2 Å². The molecule has 2 amide bonds. The first kappa shape index (κ1) is 16.0. The van der Waals surface area contributed by atoms with E-state index in [9.17, 15) is 9.59 Å². The van der Waals surface area contributed by atoms with E-state index in [4.69, 9.17) is 23.2 Å². The minimum atomic E-state index is -0.334. The SMILES string of the molecule is Cc1cccc(C[C@H]2CC(=O)N(c3ccc(Cl)c(Cl)c3)C2=O)c1. The quantitative estimate of drug-likeness (QED) is 0.770. The highest BCUT2D eigenvalue weighted by Gasteiger charge is 2.39. The van der Waals surface area contributed by atoms with E-state index in [0.717, 1.165) is 11.1 Å². The molecular weight excluding hydrogens is 333 g/mol. The number of aryl methyl sites for hydroxylation is 1. The summed E-state index contributed by atoms with van der Waals surface area (Å²) in [5.74, 6) is -0.723. The van der Waals surface area contributed by atoms with Gasteiger partial charge in [0, 0.05) is 6.42 Å². The lowest BCUT2D eigenvalue weighted by Gasteiger charge is -2.16. The Morgan fingerprint density at radius 2 is 1.87 bits per heavy atom. The molecule has 1 aliphatic heterocycles. The summed E-state index contributed by atoms with van der Waals surface area (Å²) in [4.78, 5) is 26.1. The minimum Gasteiger partial charge on any atom is -0.274 e. The van der Waals surface area contributed by atoms with Crippen LogP contribution in [0.15, 0.2) is 42.5 Å². The Morgan fingerprint density at radius 1 is 1.09 bits per heavy atom. The van der Waals surface area contributed by atoms with Crippen molar-refractivity contribution in [2.24, 2.45) is 5.92 Å². The molecule has 1 atom stereocenters.